The number of benzene rings is 1. The monoisotopic (exact) mass is 434 g/mol. The number of aromatic amines is 1. The minimum atomic E-state index is -1.23. The average Bonchev–Trinajstić information content (AvgIpc) is 3.11. The summed E-state index contributed by atoms with van der Waals surface area (Å²) in [6, 6.07) is 7.34. The number of rotatable bonds is 7. The van der Waals surface area contributed by atoms with Crippen molar-refractivity contribution >= 4 is 28.1 Å². The third-order valence-electron chi connectivity index (χ3n) is 4.09. The predicted octanol–water partition coefficient (Wildman–Crippen LogP) is 3.57. The highest BCUT2D eigenvalue weighted by Gasteiger charge is 2.17. The van der Waals surface area contributed by atoms with Gasteiger partial charge < -0.3 is 9.72 Å². The number of hydrogen-bond donors (Lipinski definition) is 1. The highest BCUT2D eigenvalue weighted by Crippen LogP contribution is 2.22. The van der Waals surface area contributed by atoms with Crippen molar-refractivity contribution in [3.63, 3.8) is 0 Å². The normalized spacial score (nSPS) is 12.0. The summed E-state index contributed by atoms with van der Waals surface area (Å²) in [7, 11) is -1.23. The molecule has 6 nitrogen and oxygen atoms in total. The maximum atomic E-state index is 13.0. The van der Waals surface area contributed by atoms with Gasteiger partial charge in [-0.1, -0.05) is 12.1 Å². The minimum Gasteiger partial charge on any atom is -0.462 e. The second-order valence-electron chi connectivity index (χ2n) is 6.25. The molecule has 1 aromatic carbocycles. The topological polar surface area (TPSA) is 89.1 Å². The van der Waals surface area contributed by atoms with E-state index in [9.17, 15) is 18.2 Å². The van der Waals surface area contributed by atoms with Crippen LogP contribution in [0.4, 0.5) is 4.39 Å². The second-order valence-corrected chi connectivity index (χ2v) is 8.65. The maximum absolute atomic E-state index is 13.0. The molecule has 0 spiro atoms. The molecule has 2 aromatic heterocycles. The summed E-state index contributed by atoms with van der Waals surface area (Å²) < 4.78 is 30.4. The van der Waals surface area contributed by atoms with Gasteiger partial charge in [0, 0.05) is 27.6 Å². The summed E-state index contributed by atoms with van der Waals surface area (Å²) >= 11 is 1.29. The Morgan fingerprint density at radius 2 is 2.00 bits per heavy atom. The largest absolute Gasteiger partial charge is 0.462 e. The van der Waals surface area contributed by atoms with Gasteiger partial charge in [-0.25, -0.2) is 14.2 Å². The van der Waals surface area contributed by atoms with Crippen LogP contribution >= 0.6 is 11.3 Å². The number of H-pyrrole nitrogens is 1. The van der Waals surface area contributed by atoms with Gasteiger partial charge in [0.05, 0.1) is 29.2 Å². The quantitative estimate of drug-likeness (QED) is 0.574. The number of ether oxygens (including phenoxy) is 1. The fraction of sp³-hybridized carbons (Fsp3) is 0.250. The van der Waals surface area contributed by atoms with E-state index in [4.69, 9.17) is 4.74 Å². The Morgan fingerprint density at radius 3 is 2.69 bits per heavy atom. The zero-order valence-corrected chi connectivity index (χ0v) is 17.5. The first kappa shape index (κ1) is 21.1. The smallest absolute Gasteiger partial charge is 0.339 e. The SMILES string of the molecule is CCOC(=O)c1cc(-c2csc(CS(=O)Cc3ccc(F)cc3)n2)c(=O)[nH]c1C. The molecule has 0 radical (unpaired) electrons. The van der Waals surface area contributed by atoms with Crippen molar-refractivity contribution in [1.29, 1.82) is 0 Å². The summed E-state index contributed by atoms with van der Waals surface area (Å²) in [5.74, 6) is -0.350. The minimum absolute atomic E-state index is 0.219. The van der Waals surface area contributed by atoms with Gasteiger partial charge in [0.25, 0.3) is 5.56 Å². The van der Waals surface area contributed by atoms with Crippen molar-refractivity contribution in [3.8, 4) is 11.3 Å². The summed E-state index contributed by atoms with van der Waals surface area (Å²) in [5, 5.41) is 2.30. The highest BCUT2D eigenvalue weighted by atomic mass is 32.2. The van der Waals surface area contributed by atoms with Crippen molar-refractivity contribution in [3.05, 3.63) is 73.7 Å². The molecule has 1 N–H and O–H groups in total. The Hall–Kier alpha value is -2.65. The van der Waals surface area contributed by atoms with Gasteiger partial charge in [-0.15, -0.1) is 11.3 Å². The fourth-order valence-electron chi connectivity index (χ4n) is 2.69. The Morgan fingerprint density at radius 1 is 1.28 bits per heavy atom. The van der Waals surface area contributed by atoms with Gasteiger partial charge in [-0.2, -0.15) is 0 Å². The molecule has 3 rings (SSSR count). The van der Waals surface area contributed by atoms with Crippen molar-refractivity contribution in [2.45, 2.75) is 25.4 Å². The molecule has 0 saturated carbocycles. The number of aryl methyl sites for hydroxylation is 1. The van der Waals surface area contributed by atoms with E-state index < -0.39 is 16.8 Å². The fourth-order valence-corrected chi connectivity index (χ4v) is 4.94. The van der Waals surface area contributed by atoms with Crippen LogP contribution < -0.4 is 5.56 Å². The van der Waals surface area contributed by atoms with Crippen molar-refractivity contribution in [1.82, 2.24) is 9.97 Å². The average molecular weight is 435 g/mol. The number of hydrogen-bond acceptors (Lipinski definition) is 6. The molecule has 0 saturated heterocycles. The number of carbonyl (C=O) groups is 1. The molecule has 2 heterocycles. The molecule has 0 aliphatic carbocycles. The first-order chi connectivity index (χ1) is 13.9. The van der Waals surface area contributed by atoms with Crippen LogP contribution in [0.15, 0.2) is 40.5 Å². The second kappa shape index (κ2) is 9.23. The maximum Gasteiger partial charge on any atom is 0.339 e. The van der Waals surface area contributed by atoms with Gasteiger partial charge in [-0.3, -0.25) is 9.00 Å². The van der Waals surface area contributed by atoms with E-state index >= 15 is 0 Å². The number of esters is 1. The predicted molar refractivity (Wildman–Crippen MR) is 111 cm³/mol. The van der Waals surface area contributed by atoms with Gasteiger partial charge in [0.2, 0.25) is 0 Å². The van der Waals surface area contributed by atoms with Gasteiger partial charge in [0.1, 0.15) is 10.8 Å². The molecule has 1 atom stereocenters. The molecule has 0 aliphatic rings. The highest BCUT2D eigenvalue weighted by molar-refractivity contribution is 7.83. The van der Waals surface area contributed by atoms with E-state index in [0.717, 1.165) is 5.56 Å². The van der Waals surface area contributed by atoms with Gasteiger partial charge in [0.15, 0.2) is 0 Å². The molecule has 0 aliphatic heterocycles. The molecule has 0 fully saturated rings. The Kier molecular flexibility index (Phi) is 6.71. The molecular formula is C20H19FN2O4S2. The van der Waals surface area contributed by atoms with Crippen LogP contribution in [0.25, 0.3) is 11.3 Å². The molecular weight excluding hydrogens is 415 g/mol. The third-order valence-corrected chi connectivity index (χ3v) is 6.37. The molecule has 9 heteroatoms. The number of aromatic nitrogens is 2. The molecule has 29 heavy (non-hydrogen) atoms. The number of halogens is 1. The zero-order valence-electron chi connectivity index (χ0n) is 15.9. The van der Waals surface area contributed by atoms with E-state index in [2.05, 4.69) is 9.97 Å². The lowest BCUT2D eigenvalue weighted by molar-refractivity contribution is 0.0525. The molecule has 152 valence electrons. The summed E-state index contributed by atoms with van der Waals surface area (Å²) in [6.45, 7) is 3.56. The van der Waals surface area contributed by atoms with Crippen molar-refractivity contribution < 1.29 is 18.1 Å². The number of carbonyl (C=O) groups excluding carboxylic acids is 1. The summed E-state index contributed by atoms with van der Waals surface area (Å²) in [4.78, 5) is 31.5. The van der Waals surface area contributed by atoms with Crippen LogP contribution in [-0.2, 0) is 27.0 Å². The first-order valence-electron chi connectivity index (χ1n) is 8.82. The first-order valence-corrected chi connectivity index (χ1v) is 11.2. The van der Waals surface area contributed by atoms with E-state index in [1.807, 2.05) is 0 Å². The van der Waals surface area contributed by atoms with Crippen LogP contribution in [0, 0.1) is 12.7 Å². The van der Waals surface area contributed by atoms with Crippen LogP contribution in [0.2, 0.25) is 0 Å². The Bertz CT molecular complexity index is 1110. The van der Waals surface area contributed by atoms with Crippen molar-refractivity contribution in [2.75, 3.05) is 6.61 Å². The van der Waals surface area contributed by atoms with Crippen LogP contribution in [0.5, 0.6) is 0 Å². The van der Waals surface area contributed by atoms with Crippen LogP contribution in [0.1, 0.15) is 33.5 Å². The number of nitrogens with zero attached hydrogens (tertiary/aromatic N) is 1. The third kappa shape index (κ3) is 5.24. The van der Waals surface area contributed by atoms with E-state index in [1.165, 1.54) is 29.5 Å². The van der Waals surface area contributed by atoms with Crippen LogP contribution in [0.3, 0.4) is 0 Å². The standard InChI is InChI=1S/C20H19FN2O4S2/c1-3-27-20(25)15-8-16(19(24)22-12(15)2)17-9-28-18(23-17)11-29(26)10-13-4-6-14(21)7-5-13/h4-9H,3,10-11H2,1-2H3,(H,22,24). The number of nitrogens with one attached hydrogen (secondary N) is 1. The van der Waals surface area contributed by atoms with Gasteiger partial charge >= 0.3 is 5.97 Å². The van der Waals surface area contributed by atoms with Crippen LogP contribution in [-0.4, -0.2) is 26.8 Å². The molecule has 0 bridgehead atoms. The van der Waals surface area contributed by atoms with E-state index in [-0.39, 0.29) is 40.6 Å². The van der Waals surface area contributed by atoms with Gasteiger partial charge in [-0.05, 0) is 37.6 Å². The molecule has 1 unspecified atom stereocenters. The van der Waals surface area contributed by atoms with E-state index in [0.29, 0.717) is 16.4 Å². The lowest BCUT2D eigenvalue weighted by Gasteiger charge is -2.06. The number of thiazole rings is 1. The van der Waals surface area contributed by atoms with E-state index in [1.54, 1.807) is 31.4 Å². The summed E-state index contributed by atoms with van der Waals surface area (Å²) in [5.41, 5.74) is 1.78. The molecule has 0 amide bonds. The van der Waals surface area contributed by atoms with Crippen molar-refractivity contribution in [2.24, 2.45) is 0 Å². The Labute approximate surface area is 173 Å². The zero-order chi connectivity index (χ0) is 21.0. The molecule has 3 aromatic rings. The number of pyridine rings is 1. The summed E-state index contributed by atoms with van der Waals surface area (Å²) in [6.07, 6.45) is 0. The Balaban J connectivity index is 1.78. The lowest BCUT2D eigenvalue weighted by atomic mass is 10.1. The lowest BCUT2D eigenvalue weighted by Crippen LogP contribution is -2.16.